The molecular weight excluding hydrogens is 656 g/mol. The molecule has 0 aromatic carbocycles. The van der Waals surface area contributed by atoms with Gasteiger partial charge in [-0.2, -0.15) is 0 Å². The Morgan fingerprint density at radius 3 is 2.42 bits per heavy atom. The summed E-state index contributed by atoms with van der Waals surface area (Å²) < 4.78 is 35.0. The van der Waals surface area contributed by atoms with Gasteiger partial charge in [0.15, 0.2) is 24.5 Å². The Morgan fingerprint density at radius 1 is 0.980 bits per heavy atom. The van der Waals surface area contributed by atoms with Crippen molar-refractivity contribution in [3.05, 3.63) is 11.6 Å². The van der Waals surface area contributed by atoms with Gasteiger partial charge in [0.25, 0.3) is 0 Å². The monoisotopic (exact) mass is 708 g/mol. The van der Waals surface area contributed by atoms with E-state index in [2.05, 4.69) is 6.92 Å². The molecule has 14 heteroatoms. The molecule has 3 heterocycles. The number of aliphatic hydroxyl groups excluding tert-OH is 3. The van der Waals surface area contributed by atoms with Crippen molar-refractivity contribution in [1.29, 1.82) is 0 Å². The summed E-state index contributed by atoms with van der Waals surface area (Å²) >= 11 is 0. The van der Waals surface area contributed by atoms with E-state index < -0.39 is 89.7 Å². The molecule has 16 atom stereocenters. The maximum Gasteiger partial charge on any atom is 0.331 e. The van der Waals surface area contributed by atoms with E-state index in [0.717, 1.165) is 18.3 Å². The molecule has 0 amide bonds. The fourth-order valence-electron chi connectivity index (χ4n) is 11.4. The van der Waals surface area contributed by atoms with Crippen LogP contribution in [0.25, 0.3) is 0 Å². The quantitative estimate of drug-likeness (QED) is 0.132. The van der Waals surface area contributed by atoms with Crippen molar-refractivity contribution in [3.63, 3.8) is 0 Å². The van der Waals surface area contributed by atoms with E-state index in [1.165, 1.54) is 7.11 Å². The van der Waals surface area contributed by atoms with E-state index in [0.29, 0.717) is 44.9 Å². The van der Waals surface area contributed by atoms with Crippen LogP contribution in [0.3, 0.4) is 0 Å². The number of Topliss-reactive ketones (excluding diaryl/α,β-unsaturated/α-hetero) is 1. The van der Waals surface area contributed by atoms with Crippen molar-refractivity contribution in [2.45, 2.75) is 145 Å². The van der Waals surface area contributed by atoms with Crippen LogP contribution in [0.5, 0.6) is 0 Å². The van der Waals surface area contributed by atoms with Crippen molar-refractivity contribution in [1.82, 2.24) is 0 Å². The summed E-state index contributed by atoms with van der Waals surface area (Å²) in [5.74, 6) is -1.56. The SMILES string of the molecule is CO[C@H]1C[C@H](O[C@H]2CC[C@]3(C=O)[C@H]4CC[C@]5(C)[C@@H](C6=CC(=O)OC6)CC[C@]5(O)[C@@H]4CCC3(O)C2)O[C@H](C)[C@H]1O[C@@H]1O[C@H](CO)[C@@H](O)C(=O)[C@H]1O. The molecule has 0 spiro atoms. The maximum atomic E-state index is 13.2. The average molecular weight is 709 g/mol. The first-order chi connectivity index (χ1) is 23.7. The number of aldehydes is 1. The Labute approximate surface area is 291 Å². The molecule has 7 aliphatic rings. The fraction of sp³-hybridized carbons (Fsp3) is 0.861. The Morgan fingerprint density at radius 2 is 1.74 bits per heavy atom. The zero-order valence-corrected chi connectivity index (χ0v) is 29.0. The van der Waals surface area contributed by atoms with Crippen LogP contribution in [-0.2, 0) is 42.8 Å². The number of hydrogen-bond acceptors (Lipinski definition) is 14. The Hall–Kier alpha value is -1.85. The highest BCUT2D eigenvalue weighted by molar-refractivity contribution is 5.88. The lowest BCUT2D eigenvalue weighted by Gasteiger charge is -2.65. The van der Waals surface area contributed by atoms with Crippen LogP contribution < -0.4 is 0 Å². The van der Waals surface area contributed by atoms with Gasteiger partial charge >= 0.3 is 5.97 Å². The number of fused-ring (bicyclic) bond motifs is 5. The lowest BCUT2D eigenvalue weighted by Crippen LogP contribution is -2.69. The lowest BCUT2D eigenvalue weighted by atomic mass is 9.41. The van der Waals surface area contributed by atoms with Gasteiger partial charge < -0.3 is 58.7 Å². The Bertz CT molecular complexity index is 1370. The molecule has 280 valence electrons. The van der Waals surface area contributed by atoms with Gasteiger partial charge in [-0.05, 0) is 81.6 Å². The molecule has 0 aromatic rings. The molecule has 5 N–H and O–H groups in total. The number of carbonyl (C=O) groups is 3. The predicted molar refractivity (Wildman–Crippen MR) is 170 cm³/mol. The van der Waals surface area contributed by atoms with Gasteiger partial charge in [0.05, 0.1) is 41.5 Å². The average Bonchev–Trinajstić information content (AvgIpc) is 3.64. The number of ketones is 1. The molecule has 14 nitrogen and oxygen atoms in total. The third-order valence-electron chi connectivity index (χ3n) is 14.1. The summed E-state index contributed by atoms with van der Waals surface area (Å²) in [7, 11) is 1.49. The smallest absolute Gasteiger partial charge is 0.331 e. The molecule has 2 saturated heterocycles. The number of carbonyl (C=O) groups excluding carboxylic acids is 3. The minimum Gasteiger partial charge on any atom is -0.458 e. The highest BCUT2D eigenvalue weighted by atomic mass is 16.7. The number of hydrogen-bond donors (Lipinski definition) is 5. The molecular formula is C36H52O14. The molecule has 4 saturated carbocycles. The van der Waals surface area contributed by atoms with E-state index >= 15 is 0 Å². The van der Waals surface area contributed by atoms with Gasteiger partial charge in [-0.3, -0.25) is 4.79 Å². The van der Waals surface area contributed by atoms with Crippen molar-refractivity contribution in [2.24, 2.45) is 28.6 Å². The molecule has 50 heavy (non-hydrogen) atoms. The molecule has 7 rings (SSSR count). The van der Waals surface area contributed by atoms with Crippen molar-refractivity contribution in [2.75, 3.05) is 20.3 Å². The third-order valence-corrected chi connectivity index (χ3v) is 14.1. The molecule has 6 fully saturated rings. The van der Waals surface area contributed by atoms with E-state index in [4.69, 9.17) is 28.4 Å². The predicted octanol–water partition coefficient (Wildman–Crippen LogP) is 0.466. The Balaban J connectivity index is 1.02. The van der Waals surface area contributed by atoms with E-state index in [1.54, 1.807) is 13.0 Å². The largest absolute Gasteiger partial charge is 0.458 e. The van der Waals surface area contributed by atoms with Crippen molar-refractivity contribution >= 4 is 18.0 Å². The van der Waals surface area contributed by atoms with Crippen LogP contribution >= 0.6 is 0 Å². The van der Waals surface area contributed by atoms with Crippen LogP contribution in [0, 0.1) is 28.6 Å². The van der Waals surface area contributed by atoms with Crippen LogP contribution in [0.4, 0.5) is 0 Å². The summed E-state index contributed by atoms with van der Waals surface area (Å²) in [6.07, 6.45) is -1.75. The lowest BCUT2D eigenvalue weighted by molar-refractivity contribution is -0.326. The number of methoxy groups -OCH3 is 1. The highest BCUT2D eigenvalue weighted by Crippen LogP contribution is 2.70. The first-order valence-electron chi connectivity index (χ1n) is 18.2. The second-order valence-electron chi connectivity index (χ2n) is 16.1. The Kier molecular flexibility index (Phi) is 9.65. The molecule has 4 aliphatic carbocycles. The van der Waals surface area contributed by atoms with E-state index in [9.17, 15) is 39.9 Å². The van der Waals surface area contributed by atoms with Crippen LogP contribution in [0.1, 0.15) is 78.1 Å². The minimum atomic E-state index is -1.76. The summed E-state index contributed by atoms with van der Waals surface area (Å²) in [5.41, 5.74) is -2.89. The fourth-order valence-corrected chi connectivity index (χ4v) is 11.4. The normalized spacial score (nSPS) is 52.0. The zero-order valence-electron chi connectivity index (χ0n) is 29.0. The van der Waals surface area contributed by atoms with Crippen molar-refractivity contribution < 1.29 is 68.3 Å². The number of aliphatic hydroxyl groups is 5. The second kappa shape index (κ2) is 13.2. The van der Waals surface area contributed by atoms with Gasteiger partial charge in [-0.1, -0.05) is 6.92 Å². The summed E-state index contributed by atoms with van der Waals surface area (Å²) in [6.45, 7) is 3.48. The van der Waals surface area contributed by atoms with E-state index in [1.807, 2.05) is 0 Å². The molecule has 0 aromatic heterocycles. The highest BCUT2D eigenvalue weighted by Gasteiger charge is 2.71. The van der Waals surface area contributed by atoms with Crippen LogP contribution in [0.2, 0.25) is 0 Å². The molecule has 3 aliphatic heterocycles. The second-order valence-corrected chi connectivity index (χ2v) is 16.1. The topological polar surface area (TPSA) is 208 Å². The van der Waals surface area contributed by atoms with Gasteiger partial charge in [0.1, 0.15) is 31.2 Å². The molecule has 1 unspecified atom stereocenters. The zero-order chi connectivity index (χ0) is 35.8. The standard InChI is InChI=1S/C36H52O14/c1-18-31(50-32-30(42)29(41)28(40)25(15-37)49-32)24(45-3)13-27(47-18)48-20-4-9-34(17-38)22-5-8-33(2)21(19-12-26(39)46-16-19)7-11-36(33,44)23(22)6-10-35(34,43)14-20/h12,17-18,20-25,27-28,30-32,37,40,42-44H,4-11,13-16H2,1-3H3/t18-,20+,21-,22+,23-,24+,25-,27+,28-,30-,31-,32+,33-,34+,35?,36+/m1/s1. The minimum absolute atomic E-state index is 0.0314. The van der Waals surface area contributed by atoms with E-state index in [-0.39, 0.29) is 43.2 Å². The first kappa shape index (κ1) is 36.5. The van der Waals surface area contributed by atoms with Gasteiger partial charge in [-0.25, -0.2) is 4.79 Å². The number of rotatable bonds is 8. The van der Waals surface area contributed by atoms with Crippen molar-refractivity contribution in [3.8, 4) is 0 Å². The molecule has 0 bridgehead atoms. The van der Waals surface area contributed by atoms with Crippen LogP contribution in [-0.4, -0.2) is 130 Å². The number of cyclic esters (lactones) is 1. The van der Waals surface area contributed by atoms with Gasteiger partial charge in [0, 0.05) is 31.4 Å². The summed E-state index contributed by atoms with van der Waals surface area (Å²) in [5, 5.41) is 54.8. The van der Waals surface area contributed by atoms with Gasteiger partial charge in [0.2, 0.25) is 0 Å². The summed E-state index contributed by atoms with van der Waals surface area (Å²) in [6, 6.07) is 0. The number of ether oxygens (including phenoxy) is 6. The molecule has 0 radical (unpaired) electrons. The van der Waals surface area contributed by atoms with Gasteiger partial charge in [-0.15, -0.1) is 0 Å². The maximum absolute atomic E-state index is 13.2. The van der Waals surface area contributed by atoms with Crippen LogP contribution in [0.15, 0.2) is 11.6 Å². The number of esters is 1. The summed E-state index contributed by atoms with van der Waals surface area (Å²) in [4.78, 5) is 37.4. The third kappa shape index (κ3) is 5.47. The first-order valence-corrected chi connectivity index (χ1v) is 18.2.